The first kappa shape index (κ1) is 22.7. The second-order valence-electron chi connectivity index (χ2n) is 7.19. The van der Waals surface area contributed by atoms with Crippen LogP contribution in [-0.2, 0) is 20.7 Å². The fourth-order valence-corrected chi connectivity index (χ4v) is 3.18. The summed E-state index contributed by atoms with van der Waals surface area (Å²) in [5, 5.41) is 14.8. The number of methoxy groups -OCH3 is 1. The molecule has 0 bridgehead atoms. The Bertz CT molecular complexity index is 1060. The minimum absolute atomic E-state index is 0.0145. The van der Waals surface area contributed by atoms with Crippen molar-refractivity contribution in [1.82, 2.24) is 5.32 Å². The summed E-state index contributed by atoms with van der Waals surface area (Å²) in [4.78, 5) is 35.7. The number of benzene rings is 3. The van der Waals surface area contributed by atoms with Crippen LogP contribution >= 0.6 is 0 Å². The Morgan fingerprint density at radius 1 is 0.875 bits per heavy atom. The lowest BCUT2D eigenvalue weighted by molar-refractivity contribution is -0.139. The molecule has 7 nitrogen and oxygen atoms in total. The summed E-state index contributed by atoms with van der Waals surface area (Å²) in [6, 6.07) is 22.3. The maximum absolute atomic E-state index is 12.6. The van der Waals surface area contributed by atoms with Crippen molar-refractivity contribution in [3.8, 4) is 11.1 Å². The maximum atomic E-state index is 12.6. The van der Waals surface area contributed by atoms with Gasteiger partial charge in [0.2, 0.25) is 5.91 Å². The molecule has 0 unspecified atom stereocenters. The van der Waals surface area contributed by atoms with Crippen LogP contribution in [0.15, 0.2) is 78.9 Å². The molecule has 0 fully saturated rings. The normalized spacial score (nSPS) is 11.4. The summed E-state index contributed by atoms with van der Waals surface area (Å²) in [5.41, 5.74) is 3.66. The van der Waals surface area contributed by atoms with Gasteiger partial charge in [0.25, 0.3) is 5.91 Å². The van der Waals surface area contributed by atoms with E-state index >= 15 is 0 Å². The summed E-state index contributed by atoms with van der Waals surface area (Å²) >= 11 is 0. The van der Waals surface area contributed by atoms with Gasteiger partial charge in [-0.25, -0.2) is 4.79 Å². The molecule has 7 heteroatoms. The third-order valence-corrected chi connectivity index (χ3v) is 4.81. The smallest absolute Gasteiger partial charge is 0.326 e. The lowest BCUT2D eigenvalue weighted by Gasteiger charge is -2.15. The van der Waals surface area contributed by atoms with Crippen LogP contribution in [0.5, 0.6) is 0 Å². The number of carbonyl (C=O) groups excluding carboxylic acids is 2. The largest absolute Gasteiger partial charge is 0.480 e. The van der Waals surface area contributed by atoms with Crippen LogP contribution < -0.4 is 10.6 Å². The van der Waals surface area contributed by atoms with E-state index in [2.05, 4.69) is 10.6 Å². The van der Waals surface area contributed by atoms with Crippen molar-refractivity contribution in [2.24, 2.45) is 0 Å². The minimum Gasteiger partial charge on any atom is -0.480 e. The van der Waals surface area contributed by atoms with Gasteiger partial charge in [0.05, 0.1) is 0 Å². The van der Waals surface area contributed by atoms with Crippen LogP contribution in [0.2, 0.25) is 0 Å². The molecule has 2 amide bonds. The van der Waals surface area contributed by atoms with Crippen molar-refractivity contribution < 1.29 is 24.2 Å². The summed E-state index contributed by atoms with van der Waals surface area (Å²) < 4.78 is 4.79. The molecule has 0 aliphatic heterocycles. The van der Waals surface area contributed by atoms with Gasteiger partial charge in [-0.3, -0.25) is 9.59 Å². The van der Waals surface area contributed by atoms with Crippen molar-refractivity contribution in [2.45, 2.75) is 12.5 Å². The fourth-order valence-electron chi connectivity index (χ4n) is 3.18. The summed E-state index contributed by atoms with van der Waals surface area (Å²) in [7, 11) is 1.46. The van der Waals surface area contributed by atoms with E-state index in [1.165, 1.54) is 7.11 Å². The molecule has 0 spiro atoms. The van der Waals surface area contributed by atoms with Crippen molar-refractivity contribution in [3.05, 3.63) is 90.0 Å². The van der Waals surface area contributed by atoms with E-state index in [1.54, 1.807) is 36.4 Å². The monoisotopic (exact) mass is 432 g/mol. The molecular weight excluding hydrogens is 408 g/mol. The molecule has 0 radical (unpaired) electrons. The highest BCUT2D eigenvalue weighted by molar-refractivity contribution is 5.97. The number of amides is 2. The van der Waals surface area contributed by atoms with E-state index in [0.717, 1.165) is 16.7 Å². The number of hydrogen-bond donors (Lipinski definition) is 3. The van der Waals surface area contributed by atoms with E-state index in [4.69, 9.17) is 4.74 Å². The number of ether oxygens (including phenoxy) is 1. The number of carboxylic acids is 1. The second kappa shape index (κ2) is 10.9. The summed E-state index contributed by atoms with van der Waals surface area (Å²) in [5.74, 6) is -1.77. The standard InChI is InChI=1S/C25H24N2O5/c1-32-16-23(28)26-21-13-11-19(12-14-21)18-7-9-20(10-8-18)24(29)27-22(25(30)31)15-17-5-3-2-4-6-17/h2-14,22H,15-16H2,1H3,(H,26,28)(H,27,29)(H,30,31)/t22-/m0/s1. The van der Waals surface area contributed by atoms with E-state index in [0.29, 0.717) is 11.3 Å². The Hall–Kier alpha value is -3.97. The zero-order valence-electron chi connectivity index (χ0n) is 17.6. The predicted octanol–water partition coefficient (Wildman–Crippen LogP) is 3.36. The third-order valence-electron chi connectivity index (χ3n) is 4.81. The molecule has 3 aromatic rings. The second-order valence-corrected chi connectivity index (χ2v) is 7.19. The Kier molecular flexibility index (Phi) is 7.72. The van der Waals surface area contributed by atoms with Crippen LogP contribution in [0.25, 0.3) is 11.1 Å². The highest BCUT2D eigenvalue weighted by Gasteiger charge is 2.21. The Morgan fingerprint density at radius 2 is 1.47 bits per heavy atom. The molecule has 0 saturated heterocycles. The fraction of sp³-hybridized carbons (Fsp3) is 0.160. The van der Waals surface area contributed by atoms with Gasteiger partial charge in [-0.2, -0.15) is 0 Å². The Balaban J connectivity index is 1.64. The molecule has 0 aliphatic carbocycles. The average Bonchev–Trinajstić information content (AvgIpc) is 2.80. The number of hydrogen-bond acceptors (Lipinski definition) is 4. The molecule has 3 N–H and O–H groups in total. The third kappa shape index (κ3) is 6.26. The minimum atomic E-state index is -1.09. The van der Waals surface area contributed by atoms with Gasteiger partial charge in [0.1, 0.15) is 12.6 Å². The highest BCUT2D eigenvalue weighted by atomic mass is 16.5. The molecule has 164 valence electrons. The maximum Gasteiger partial charge on any atom is 0.326 e. The van der Waals surface area contributed by atoms with Crippen molar-refractivity contribution >= 4 is 23.5 Å². The summed E-state index contributed by atoms with van der Waals surface area (Å²) in [6.45, 7) is -0.0145. The Labute approximate surface area is 186 Å². The van der Waals surface area contributed by atoms with Crippen molar-refractivity contribution in [1.29, 1.82) is 0 Å². The highest BCUT2D eigenvalue weighted by Crippen LogP contribution is 2.22. The van der Waals surface area contributed by atoms with Crippen molar-refractivity contribution in [2.75, 3.05) is 19.0 Å². The molecular formula is C25H24N2O5. The van der Waals surface area contributed by atoms with Crippen LogP contribution in [-0.4, -0.2) is 42.6 Å². The number of carbonyl (C=O) groups is 3. The van der Waals surface area contributed by atoms with E-state index in [-0.39, 0.29) is 18.9 Å². The quantitative estimate of drug-likeness (QED) is 0.481. The zero-order valence-corrected chi connectivity index (χ0v) is 17.6. The number of nitrogens with one attached hydrogen (secondary N) is 2. The number of carboxylic acid groups (broad SMARTS) is 1. The van der Waals surface area contributed by atoms with Gasteiger partial charge in [-0.15, -0.1) is 0 Å². The molecule has 0 aliphatic rings. The molecule has 1 atom stereocenters. The van der Waals surface area contributed by atoms with Crippen LogP contribution in [0.1, 0.15) is 15.9 Å². The number of aliphatic carboxylic acids is 1. The van der Waals surface area contributed by atoms with Gasteiger partial charge in [0.15, 0.2) is 0 Å². The van der Waals surface area contributed by atoms with E-state index in [1.807, 2.05) is 42.5 Å². The summed E-state index contributed by atoms with van der Waals surface area (Å²) in [6.07, 6.45) is 0.202. The van der Waals surface area contributed by atoms with Gasteiger partial charge in [-0.05, 0) is 41.0 Å². The molecule has 0 heterocycles. The lowest BCUT2D eigenvalue weighted by Crippen LogP contribution is -2.42. The van der Waals surface area contributed by atoms with E-state index in [9.17, 15) is 19.5 Å². The first-order valence-electron chi connectivity index (χ1n) is 10.0. The molecule has 32 heavy (non-hydrogen) atoms. The van der Waals surface area contributed by atoms with Gasteiger partial charge < -0.3 is 20.5 Å². The first-order valence-corrected chi connectivity index (χ1v) is 10.0. The first-order chi connectivity index (χ1) is 15.5. The SMILES string of the molecule is COCC(=O)Nc1ccc(-c2ccc(C(=O)N[C@@H](Cc3ccccc3)C(=O)O)cc2)cc1. The van der Waals surface area contributed by atoms with Crippen LogP contribution in [0.3, 0.4) is 0 Å². The molecule has 0 aromatic heterocycles. The molecule has 3 aromatic carbocycles. The van der Waals surface area contributed by atoms with Gasteiger partial charge >= 0.3 is 5.97 Å². The molecule has 3 rings (SSSR count). The van der Waals surface area contributed by atoms with E-state index < -0.39 is 17.9 Å². The van der Waals surface area contributed by atoms with Crippen LogP contribution in [0, 0.1) is 0 Å². The number of anilines is 1. The molecule has 0 saturated carbocycles. The lowest BCUT2D eigenvalue weighted by atomic mass is 10.0. The average molecular weight is 432 g/mol. The Morgan fingerprint density at radius 3 is 2.03 bits per heavy atom. The number of rotatable bonds is 9. The predicted molar refractivity (Wildman–Crippen MR) is 121 cm³/mol. The van der Waals surface area contributed by atoms with Gasteiger partial charge in [-0.1, -0.05) is 54.6 Å². The topological polar surface area (TPSA) is 105 Å². The zero-order chi connectivity index (χ0) is 22.9. The van der Waals surface area contributed by atoms with Crippen LogP contribution in [0.4, 0.5) is 5.69 Å². The van der Waals surface area contributed by atoms with Crippen molar-refractivity contribution in [3.63, 3.8) is 0 Å². The van der Waals surface area contributed by atoms with Gasteiger partial charge in [0, 0.05) is 24.8 Å².